The largest absolute Gasteiger partial charge is 0.496 e. The number of methoxy groups -OCH3 is 1. The number of carbonyl (C=O) groups excluding carboxylic acids is 2. The number of hydrogen-bond acceptors (Lipinski definition) is 5. The maximum absolute atomic E-state index is 14.9. The molecular weight excluding hydrogens is 684 g/mol. The van der Waals surface area contributed by atoms with Crippen molar-refractivity contribution < 1.29 is 33.0 Å². The molecule has 0 radical (unpaired) electrons. The van der Waals surface area contributed by atoms with Crippen LogP contribution in [0.3, 0.4) is 0 Å². The molecule has 0 spiro atoms. The Labute approximate surface area is 300 Å². The molecule has 1 heterocycles. The second kappa shape index (κ2) is 14.9. The molecule has 3 amide bonds. The van der Waals surface area contributed by atoms with Gasteiger partial charge in [0.05, 0.1) is 22.2 Å². The summed E-state index contributed by atoms with van der Waals surface area (Å²) >= 11 is 7.47. The van der Waals surface area contributed by atoms with E-state index >= 15 is 0 Å². The summed E-state index contributed by atoms with van der Waals surface area (Å²) in [4.78, 5) is 43.2. The van der Waals surface area contributed by atoms with Crippen LogP contribution in [0.15, 0.2) is 54.6 Å². The normalized spacial score (nSPS) is 16.3. The van der Waals surface area contributed by atoms with Crippen LogP contribution in [0, 0.1) is 17.6 Å². The maximum Gasteiger partial charge on any atom is 0.407 e. The number of anilines is 1. The van der Waals surface area contributed by atoms with Crippen molar-refractivity contribution in [2.45, 2.75) is 71.5 Å². The number of hydrogen-bond donors (Lipinski definition) is 1. The Balaban J connectivity index is 1.49. The standard InChI is InChI=1S/C38H42ClF2N3O5S/c1-22(45)42(5)27-14-9-24(10-15-27)25-11-18-31(49-6)26(19-25)21-43(28-12-7-23(8-13-28)20-44(37(47)48)38(2,3)4)36(46)35-33(39)32-29(40)16-17-30(41)34(32)50-35/h9-11,14-19,23,28H,7-8,12-13,20-21H2,1-6H3,(H,47,48). The molecule has 50 heavy (non-hydrogen) atoms. The van der Waals surface area contributed by atoms with Gasteiger partial charge in [0, 0.05) is 49.9 Å². The summed E-state index contributed by atoms with van der Waals surface area (Å²) in [6.45, 7) is 7.63. The minimum absolute atomic E-state index is 0.0172. The average molecular weight is 726 g/mol. The van der Waals surface area contributed by atoms with Gasteiger partial charge in [-0.25, -0.2) is 13.6 Å². The van der Waals surface area contributed by atoms with Gasteiger partial charge in [0.25, 0.3) is 5.91 Å². The summed E-state index contributed by atoms with van der Waals surface area (Å²) in [6.07, 6.45) is 1.62. The molecule has 0 saturated heterocycles. The van der Waals surface area contributed by atoms with Gasteiger partial charge in [0.1, 0.15) is 22.3 Å². The molecule has 1 aromatic heterocycles. The molecule has 1 aliphatic carbocycles. The van der Waals surface area contributed by atoms with Gasteiger partial charge < -0.3 is 24.5 Å². The third-order valence-electron chi connectivity index (χ3n) is 9.56. The van der Waals surface area contributed by atoms with Crippen LogP contribution in [0.1, 0.15) is 68.6 Å². The zero-order chi connectivity index (χ0) is 36.5. The fraction of sp³-hybridized carbons (Fsp3) is 0.395. The number of amides is 3. The molecule has 5 rings (SSSR count). The number of carboxylic acid groups (broad SMARTS) is 1. The third kappa shape index (κ3) is 7.73. The molecule has 4 aromatic rings. The molecule has 0 bridgehead atoms. The van der Waals surface area contributed by atoms with Crippen LogP contribution in [0.5, 0.6) is 5.75 Å². The van der Waals surface area contributed by atoms with Crippen molar-refractivity contribution >= 4 is 56.6 Å². The van der Waals surface area contributed by atoms with Crippen molar-refractivity contribution in [1.82, 2.24) is 9.80 Å². The van der Waals surface area contributed by atoms with Crippen LogP contribution in [-0.2, 0) is 11.3 Å². The maximum atomic E-state index is 14.9. The molecular formula is C38H42ClF2N3O5S. The highest BCUT2D eigenvalue weighted by molar-refractivity contribution is 7.21. The summed E-state index contributed by atoms with van der Waals surface area (Å²) in [5.74, 6) is -1.21. The smallest absolute Gasteiger partial charge is 0.407 e. The highest BCUT2D eigenvalue weighted by Gasteiger charge is 2.35. The van der Waals surface area contributed by atoms with Crippen molar-refractivity contribution in [3.05, 3.63) is 81.7 Å². The van der Waals surface area contributed by atoms with E-state index in [0.717, 1.165) is 45.8 Å². The first-order valence-electron chi connectivity index (χ1n) is 16.5. The summed E-state index contributed by atoms with van der Waals surface area (Å²) in [6, 6.07) is 15.0. The summed E-state index contributed by atoms with van der Waals surface area (Å²) in [5.41, 5.74) is 2.69. The number of nitrogens with zero attached hydrogens (tertiary/aromatic N) is 3. The van der Waals surface area contributed by atoms with E-state index in [1.807, 2.05) is 63.2 Å². The molecule has 266 valence electrons. The van der Waals surface area contributed by atoms with Gasteiger partial charge in [-0.1, -0.05) is 29.8 Å². The average Bonchev–Trinajstić information content (AvgIpc) is 3.44. The van der Waals surface area contributed by atoms with E-state index in [-0.39, 0.29) is 44.4 Å². The Morgan fingerprint density at radius 3 is 2.14 bits per heavy atom. The first-order valence-corrected chi connectivity index (χ1v) is 17.7. The topological polar surface area (TPSA) is 90.4 Å². The predicted octanol–water partition coefficient (Wildman–Crippen LogP) is 9.47. The van der Waals surface area contributed by atoms with Gasteiger partial charge in [0.2, 0.25) is 5.91 Å². The Morgan fingerprint density at radius 1 is 0.960 bits per heavy atom. The number of thiophene rings is 1. The van der Waals surface area contributed by atoms with Crippen molar-refractivity contribution in [2.75, 3.05) is 25.6 Å². The van der Waals surface area contributed by atoms with Crippen molar-refractivity contribution in [2.24, 2.45) is 5.92 Å². The molecule has 1 N–H and O–H groups in total. The first kappa shape index (κ1) is 37.0. The second-order valence-corrected chi connectivity index (χ2v) is 15.2. The zero-order valence-electron chi connectivity index (χ0n) is 29.1. The Kier molecular flexibility index (Phi) is 11.1. The second-order valence-electron chi connectivity index (χ2n) is 13.8. The summed E-state index contributed by atoms with van der Waals surface area (Å²) in [7, 11) is 3.26. The molecule has 1 aliphatic rings. The lowest BCUT2D eigenvalue weighted by Gasteiger charge is -2.40. The molecule has 8 nitrogen and oxygen atoms in total. The number of benzene rings is 3. The number of carbonyl (C=O) groups is 3. The van der Waals surface area contributed by atoms with Crippen molar-refractivity contribution in [1.29, 1.82) is 0 Å². The van der Waals surface area contributed by atoms with Gasteiger partial charge >= 0.3 is 6.09 Å². The number of rotatable bonds is 9. The molecule has 1 saturated carbocycles. The number of halogens is 3. The van der Waals surface area contributed by atoms with Gasteiger partial charge in [-0.2, -0.15) is 0 Å². The van der Waals surface area contributed by atoms with Crippen LogP contribution >= 0.6 is 22.9 Å². The SMILES string of the molecule is COc1ccc(-c2ccc(N(C)C(C)=O)cc2)cc1CN(C(=O)c1sc2c(F)ccc(F)c2c1Cl)C1CCC(CN(C(=O)O)C(C)(C)C)CC1. The van der Waals surface area contributed by atoms with Gasteiger partial charge in [-0.15, -0.1) is 11.3 Å². The molecule has 0 aliphatic heterocycles. The number of fused-ring (bicyclic) bond motifs is 1. The van der Waals surface area contributed by atoms with E-state index in [2.05, 4.69) is 0 Å². The monoisotopic (exact) mass is 725 g/mol. The minimum Gasteiger partial charge on any atom is -0.496 e. The van der Waals surface area contributed by atoms with E-state index in [1.54, 1.807) is 24.0 Å². The lowest BCUT2D eigenvalue weighted by atomic mass is 9.84. The quantitative estimate of drug-likeness (QED) is 0.186. The molecule has 3 aromatic carbocycles. The van der Waals surface area contributed by atoms with E-state index in [0.29, 0.717) is 38.0 Å². The Hall–Kier alpha value is -4.22. The lowest BCUT2D eigenvalue weighted by Crippen LogP contribution is -2.48. The van der Waals surface area contributed by atoms with Crippen LogP contribution < -0.4 is 9.64 Å². The van der Waals surface area contributed by atoms with Crippen molar-refractivity contribution in [3.63, 3.8) is 0 Å². The first-order chi connectivity index (χ1) is 23.6. The van der Waals surface area contributed by atoms with Crippen LogP contribution in [0.4, 0.5) is 19.3 Å². The predicted molar refractivity (Wildman–Crippen MR) is 194 cm³/mol. The van der Waals surface area contributed by atoms with Gasteiger partial charge in [-0.3, -0.25) is 9.59 Å². The molecule has 0 unspecified atom stereocenters. The molecule has 1 fully saturated rings. The lowest BCUT2D eigenvalue weighted by molar-refractivity contribution is -0.116. The summed E-state index contributed by atoms with van der Waals surface area (Å²) < 4.78 is 35.4. The number of ether oxygens (including phenoxy) is 1. The van der Waals surface area contributed by atoms with E-state index in [4.69, 9.17) is 16.3 Å². The Morgan fingerprint density at radius 2 is 1.58 bits per heavy atom. The molecule has 12 heteroatoms. The van der Waals surface area contributed by atoms with Crippen LogP contribution in [-0.4, -0.2) is 65.1 Å². The van der Waals surface area contributed by atoms with Crippen molar-refractivity contribution in [3.8, 4) is 16.9 Å². The minimum atomic E-state index is -0.970. The van der Waals surface area contributed by atoms with E-state index < -0.39 is 29.2 Å². The Bertz CT molecular complexity index is 1900. The fourth-order valence-corrected chi connectivity index (χ4v) is 8.10. The van der Waals surface area contributed by atoms with Gasteiger partial charge in [-0.05, 0) is 99.9 Å². The highest BCUT2D eigenvalue weighted by Crippen LogP contribution is 2.41. The van der Waals surface area contributed by atoms with Crippen LogP contribution in [0.2, 0.25) is 5.02 Å². The molecule has 0 atom stereocenters. The van der Waals surface area contributed by atoms with E-state index in [9.17, 15) is 28.3 Å². The van der Waals surface area contributed by atoms with E-state index in [1.165, 1.54) is 11.8 Å². The van der Waals surface area contributed by atoms with Gasteiger partial charge in [0.15, 0.2) is 0 Å². The fourth-order valence-electron chi connectivity index (χ4n) is 6.59. The highest BCUT2D eigenvalue weighted by atomic mass is 35.5. The van der Waals surface area contributed by atoms with Crippen LogP contribution in [0.25, 0.3) is 21.2 Å². The zero-order valence-corrected chi connectivity index (χ0v) is 30.6. The summed E-state index contributed by atoms with van der Waals surface area (Å²) in [5, 5.41) is 9.63. The third-order valence-corrected chi connectivity index (χ3v) is 11.2.